The van der Waals surface area contributed by atoms with Crippen LogP contribution in [0.25, 0.3) is 0 Å². The fourth-order valence-electron chi connectivity index (χ4n) is 10.1. The zero-order chi connectivity index (χ0) is 32.2. The molecule has 2 bridgehead atoms. The molecule has 0 spiro atoms. The molecule has 0 unspecified atom stereocenters. The van der Waals surface area contributed by atoms with E-state index in [-0.39, 0.29) is 25.0 Å². The predicted octanol–water partition coefficient (Wildman–Crippen LogP) is 3.71. The van der Waals surface area contributed by atoms with Gasteiger partial charge in [0, 0.05) is 30.6 Å². The van der Waals surface area contributed by atoms with Crippen LogP contribution in [0, 0.1) is 34.0 Å². The number of hydrogen-bond acceptors (Lipinski definition) is 11. The molecule has 1 aromatic heterocycles. The third-order valence-electron chi connectivity index (χ3n) is 11.9. The summed E-state index contributed by atoms with van der Waals surface area (Å²) in [5.41, 5.74) is -5.76. The van der Waals surface area contributed by atoms with Crippen molar-refractivity contribution in [3.63, 3.8) is 0 Å². The third kappa shape index (κ3) is 3.50. The van der Waals surface area contributed by atoms with Crippen molar-refractivity contribution in [2.75, 3.05) is 7.11 Å². The van der Waals surface area contributed by atoms with Crippen molar-refractivity contribution in [3.8, 4) is 0 Å². The first kappa shape index (κ1) is 30.6. The second kappa shape index (κ2) is 9.52. The number of fused-ring (bicyclic) bond motifs is 3. The molecule has 1 aliphatic heterocycles. The van der Waals surface area contributed by atoms with E-state index >= 15 is 0 Å². The molecule has 9 atom stereocenters. The van der Waals surface area contributed by atoms with Crippen LogP contribution in [0.5, 0.6) is 0 Å². The quantitative estimate of drug-likeness (QED) is 0.207. The van der Waals surface area contributed by atoms with E-state index in [4.69, 9.17) is 23.4 Å². The van der Waals surface area contributed by atoms with Gasteiger partial charge in [0.25, 0.3) is 0 Å². The second-order valence-electron chi connectivity index (χ2n) is 14.3. The Bertz CT molecular complexity index is 1490. The van der Waals surface area contributed by atoms with Crippen molar-refractivity contribution < 1.29 is 52.4 Å². The summed E-state index contributed by atoms with van der Waals surface area (Å²) in [5.74, 6) is -4.24. The number of carbonyl (C=O) groups is 5. The maximum Gasteiger partial charge on any atom is 0.310 e. The van der Waals surface area contributed by atoms with Crippen LogP contribution in [-0.2, 0) is 38.1 Å². The van der Waals surface area contributed by atoms with E-state index in [2.05, 4.69) is 0 Å². The van der Waals surface area contributed by atoms with Crippen LogP contribution in [0.4, 0.5) is 0 Å². The number of furan rings is 1. The van der Waals surface area contributed by atoms with Crippen LogP contribution in [0.2, 0.25) is 0 Å². The Morgan fingerprint density at radius 1 is 1.16 bits per heavy atom. The molecule has 0 radical (unpaired) electrons. The van der Waals surface area contributed by atoms with Crippen molar-refractivity contribution in [3.05, 3.63) is 35.3 Å². The lowest BCUT2D eigenvalue weighted by Gasteiger charge is -2.68. The van der Waals surface area contributed by atoms with Crippen molar-refractivity contribution in [1.29, 1.82) is 0 Å². The monoisotopic (exact) mass is 612 g/mol. The minimum absolute atomic E-state index is 0.0582. The standard InChI is InChI=1S/C33H40O11/c1-16(2)27(38)43-28-30(5)15-32(44-17(3)34)31(6,21(30)13-22(35)40-7)19-8-10-29(4,25(37)18-9-11-41-14-18)20-12-23(36)42-26(24(19)20)33(28,32)39/h9,11,14,16,19,21,26,28,39H,8,10,12-13,15H2,1-7H3/t19-,21+,26+,28+,29-,30+,31+,32+,33+/m1/s1. The molecule has 1 N–H and O–H groups in total. The summed E-state index contributed by atoms with van der Waals surface area (Å²) in [4.78, 5) is 66.7. The van der Waals surface area contributed by atoms with E-state index in [1.807, 2.05) is 13.8 Å². The van der Waals surface area contributed by atoms with Crippen LogP contribution in [-0.4, -0.2) is 65.3 Å². The Morgan fingerprint density at radius 2 is 1.86 bits per heavy atom. The van der Waals surface area contributed by atoms with E-state index in [0.29, 0.717) is 29.6 Å². The molecule has 0 aromatic carbocycles. The number of ether oxygens (including phenoxy) is 4. The molecule has 0 amide bonds. The Balaban J connectivity index is 1.66. The SMILES string of the molecule is COC(=O)C[C@H]1[C@]2(C)C[C@]3(OC(C)=O)[C@@]1(C)[C@@H]1CC[C@@](C)(C(=O)c4ccoc4)C4=C1[C@H](OC(=O)C4)[C@]3(O)[C@H]2OC(=O)C(C)C. The van der Waals surface area contributed by atoms with Gasteiger partial charge in [-0.05, 0) is 48.8 Å². The van der Waals surface area contributed by atoms with Gasteiger partial charge >= 0.3 is 23.9 Å². The van der Waals surface area contributed by atoms with Gasteiger partial charge in [-0.1, -0.05) is 27.7 Å². The van der Waals surface area contributed by atoms with Gasteiger partial charge < -0.3 is 28.5 Å². The van der Waals surface area contributed by atoms with Gasteiger partial charge in [0.15, 0.2) is 23.1 Å². The Hall–Kier alpha value is -3.47. The summed E-state index contributed by atoms with van der Waals surface area (Å²) in [7, 11) is 1.29. The van der Waals surface area contributed by atoms with Gasteiger partial charge in [-0.2, -0.15) is 0 Å². The van der Waals surface area contributed by atoms with Gasteiger partial charge in [-0.15, -0.1) is 0 Å². The van der Waals surface area contributed by atoms with Crippen LogP contribution < -0.4 is 0 Å². The molecular formula is C33H40O11. The molecule has 3 saturated carbocycles. The Kier molecular flexibility index (Phi) is 6.61. The number of Topliss-reactive ketones (excluding diaryl/α,β-unsaturated/α-hetero) is 1. The number of ketones is 1. The lowest BCUT2D eigenvalue weighted by molar-refractivity contribution is -0.320. The maximum absolute atomic E-state index is 14.0. The fourth-order valence-corrected chi connectivity index (χ4v) is 10.1. The topological polar surface area (TPSA) is 156 Å². The second-order valence-corrected chi connectivity index (χ2v) is 14.3. The number of aliphatic hydroxyl groups is 1. The zero-order valence-electron chi connectivity index (χ0n) is 26.2. The Morgan fingerprint density at radius 3 is 2.45 bits per heavy atom. The zero-order valence-corrected chi connectivity index (χ0v) is 26.2. The van der Waals surface area contributed by atoms with Crippen LogP contribution in [0.3, 0.4) is 0 Å². The molecule has 44 heavy (non-hydrogen) atoms. The average Bonchev–Trinajstić information content (AvgIpc) is 3.61. The summed E-state index contributed by atoms with van der Waals surface area (Å²) in [6, 6.07) is 1.58. The summed E-state index contributed by atoms with van der Waals surface area (Å²) in [6.45, 7) is 10.1. The number of hydrogen-bond donors (Lipinski definition) is 1. The van der Waals surface area contributed by atoms with Gasteiger partial charge in [-0.3, -0.25) is 24.0 Å². The van der Waals surface area contributed by atoms with E-state index in [1.54, 1.807) is 26.8 Å². The smallest absolute Gasteiger partial charge is 0.310 e. The molecule has 5 aliphatic rings. The Labute approximate surface area is 255 Å². The highest BCUT2D eigenvalue weighted by Crippen LogP contribution is 2.82. The highest BCUT2D eigenvalue weighted by Gasteiger charge is 2.92. The molecule has 6 rings (SSSR count). The largest absolute Gasteiger partial charge is 0.472 e. The first-order valence-corrected chi connectivity index (χ1v) is 15.2. The first-order valence-electron chi connectivity index (χ1n) is 15.2. The minimum atomic E-state index is -2.22. The maximum atomic E-state index is 14.0. The normalized spacial score (nSPS) is 41.6. The summed E-state index contributed by atoms with van der Waals surface area (Å²) < 4.78 is 28.7. The van der Waals surface area contributed by atoms with Crippen LogP contribution >= 0.6 is 0 Å². The van der Waals surface area contributed by atoms with Crippen LogP contribution in [0.1, 0.15) is 84.0 Å². The van der Waals surface area contributed by atoms with Crippen molar-refractivity contribution in [2.45, 2.75) is 97.1 Å². The molecule has 238 valence electrons. The molecule has 3 fully saturated rings. The lowest BCUT2D eigenvalue weighted by atomic mass is 9.40. The molecular weight excluding hydrogens is 572 g/mol. The van der Waals surface area contributed by atoms with Crippen molar-refractivity contribution >= 4 is 29.7 Å². The number of carbonyl (C=O) groups excluding carboxylic acids is 5. The lowest BCUT2D eigenvalue weighted by Crippen LogP contribution is -2.81. The molecule has 11 heteroatoms. The minimum Gasteiger partial charge on any atom is -0.472 e. The molecule has 2 heterocycles. The third-order valence-corrected chi connectivity index (χ3v) is 11.9. The average molecular weight is 613 g/mol. The molecule has 4 aliphatic carbocycles. The first-order chi connectivity index (χ1) is 20.5. The van der Waals surface area contributed by atoms with Gasteiger partial charge in [0.2, 0.25) is 0 Å². The highest BCUT2D eigenvalue weighted by atomic mass is 16.6. The number of rotatable bonds is 7. The fraction of sp³-hybridized carbons (Fsp3) is 0.667. The number of esters is 4. The highest BCUT2D eigenvalue weighted by molar-refractivity contribution is 6.03. The molecule has 11 nitrogen and oxygen atoms in total. The van der Waals surface area contributed by atoms with E-state index in [0.717, 1.165) is 0 Å². The number of methoxy groups -OCH3 is 1. The van der Waals surface area contributed by atoms with Crippen molar-refractivity contribution in [2.24, 2.45) is 34.0 Å². The van der Waals surface area contributed by atoms with Gasteiger partial charge in [-0.25, -0.2) is 0 Å². The van der Waals surface area contributed by atoms with Gasteiger partial charge in [0.1, 0.15) is 12.4 Å². The molecule has 1 aromatic rings. The molecule has 0 saturated heterocycles. The summed E-state index contributed by atoms with van der Waals surface area (Å²) >= 11 is 0. The van der Waals surface area contributed by atoms with E-state index in [1.165, 1.54) is 26.6 Å². The predicted molar refractivity (Wildman–Crippen MR) is 151 cm³/mol. The van der Waals surface area contributed by atoms with Gasteiger partial charge in [0.05, 0.1) is 36.7 Å². The van der Waals surface area contributed by atoms with E-state index in [9.17, 15) is 29.1 Å². The van der Waals surface area contributed by atoms with E-state index < -0.39 is 81.3 Å². The summed E-state index contributed by atoms with van der Waals surface area (Å²) in [6.07, 6.45) is 0.668. The van der Waals surface area contributed by atoms with Crippen LogP contribution in [0.15, 0.2) is 34.2 Å². The summed E-state index contributed by atoms with van der Waals surface area (Å²) in [5, 5.41) is 13.2. The van der Waals surface area contributed by atoms with Crippen molar-refractivity contribution in [1.82, 2.24) is 0 Å².